The fraction of sp³-hybridized carbons (Fsp3) is 0.706. The van der Waals surface area contributed by atoms with Gasteiger partial charge in [-0.2, -0.15) is 5.10 Å². The molecule has 3 heterocycles. The Morgan fingerprint density at radius 1 is 1.39 bits per heavy atom. The van der Waals surface area contributed by atoms with E-state index in [0.717, 1.165) is 0 Å². The third kappa shape index (κ3) is 3.54. The highest BCUT2D eigenvalue weighted by Gasteiger charge is 2.51. The second-order valence-corrected chi connectivity index (χ2v) is 14.0. The van der Waals surface area contributed by atoms with Crippen molar-refractivity contribution in [2.75, 3.05) is 18.6 Å². The van der Waals surface area contributed by atoms with Gasteiger partial charge in [0.1, 0.15) is 29.4 Å². The van der Waals surface area contributed by atoms with E-state index in [-0.39, 0.29) is 17.5 Å². The number of ether oxygens (including phenoxy) is 1. The van der Waals surface area contributed by atoms with Gasteiger partial charge in [0, 0.05) is 0 Å². The summed E-state index contributed by atoms with van der Waals surface area (Å²) in [6.45, 7) is 9.99. The monoisotopic (exact) mass is 429 g/mol. The number of alkyl halides is 1. The topological polar surface area (TPSA) is 108 Å². The van der Waals surface area contributed by atoms with E-state index < -0.39 is 32.9 Å². The van der Waals surface area contributed by atoms with Crippen LogP contribution in [-0.4, -0.2) is 64.4 Å². The molecule has 2 aromatic heterocycles. The summed E-state index contributed by atoms with van der Waals surface area (Å²) in [5.41, 5.74) is 6.38. The fourth-order valence-electron chi connectivity index (χ4n) is 2.98. The van der Waals surface area contributed by atoms with Crippen LogP contribution in [0.5, 0.6) is 0 Å². The number of nitrogen functional groups attached to an aromatic ring is 1. The maximum atomic E-state index is 15.6. The highest BCUT2D eigenvalue weighted by atomic mass is 32.2. The second kappa shape index (κ2) is 7.52. The lowest BCUT2D eigenvalue weighted by Gasteiger charge is -2.39. The molecule has 0 spiro atoms. The Kier molecular flexibility index (Phi) is 5.76. The highest BCUT2D eigenvalue weighted by molar-refractivity contribution is 7.98. The molecule has 156 valence electrons. The van der Waals surface area contributed by atoms with Crippen LogP contribution in [-0.2, 0) is 9.16 Å². The van der Waals surface area contributed by atoms with Crippen LogP contribution < -0.4 is 5.73 Å². The maximum absolute atomic E-state index is 15.6. The Bertz CT molecular complexity index is 859. The number of hydrogen-bond donors (Lipinski definition) is 2. The van der Waals surface area contributed by atoms with Gasteiger partial charge in [-0.05, 0) is 24.4 Å². The highest BCUT2D eigenvalue weighted by Crippen LogP contribution is 2.43. The van der Waals surface area contributed by atoms with E-state index in [9.17, 15) is 5.11 Å². The van der Waals surface area contributed by atoms with E-state index in [1.165, 1.54) is 22.8 Å². The number of rotatable bonds is 5. The maximum Gasteiger partial charge on any atom is 0.192 e. The van der Waals surface area contributed by atoms with Crippen molar-refractivity contribution in [3.63, 3.8) is 0 Å². The van der Waals surface area contributed by atoms with Gasteiger partial charge in [-0.3, -0.25) is 0 Å². The minimum atomic E-state index is -2.28. The van der Waals surface area contributed by atoms with Crippen molar-refractivity contribution in [2.24, 2.45) is 0 Å². The first-order chi connectivity index (χ1) is 13.0. The molecule has 0 radical (unpaired) electrons. The predicted octanol–water partition coefficient (Wildman–Crippen LogP) is 2.75. The van der Waals surface area contributed by atoms with E-state index in [2.05, 4.69) is 35.8 Å². The number of halogens is 1. The van der Waals surface area contributed by atoms with Crippen LogP contribution in [0.15, 0.2) is 11.4 Å². The van der Waals surface area contributed by atoms with Crippen molar-refractivity contribution >= 4 is 36.9 Å². The minimum absolute atomic E-state index is 0.100. The lowest BCUT2D eigenvalue weighted by molar-refractivity contribution is -0.0497. The SMILES string of the molecule is CSc1nn([C@H]2O[C@@H](CO)C(O[Si](C)(C)C(C)(C)C)[C@@H]2F)c2ncnc(N)c12. The van der Waals surface area contributed by atoms with Crippen LogP contribution in [0.1, 0.15) is 27.0 Å². The average Bonchev–Trinajstić information content (AvgIpc) is 3.13. The van der Waals surface area contributed by atoms with Crippen LogP contribution in [0.4, 0.5) is 10.2 Å². The number of fused-ring (bicyclic) bond motifs is 1. The van der Waals surface area contributed by atoms with Crippen molar-refractivity contribution < 1.29 is 18.7 Å². The summed E-state index contributed by atoms with van der Waals surface area (Å²) in [7, 11) is -2.28. The largest absolute Gasteiger partial charge is 0.408 e. The van der Waals surface area contributed by atoms with Gasteiger partial charge in [0.25, 0.3) is 0 Å². The molecule has 0 bridgehead atoms. The molecule has 0 aliphatic carbocycles. The fourth-order valence-corrected chi connectivity index (χ4v) is 4.87. The standard InChI is InChI=1S/C17H28FN5O3SSi/c1-17(2,3)28(5,6)26-12-9(7-24)25-16(11(12)18)23-14-10(15(22-23)27-4)13(19)20-8-21-14/h8-9,11-12,16,24H,7H2,1-6H3,(H2,19,20,21)/t9-,11-,12?,16-/m0/s1. The lowest BCUT2D eigenvalue weighted by Crippen LogP contribution is -2.49. The number of nitrogens with zero attached hydrogens (tertiary/aromatic N) is 4. The molecule has 3 rings (SSSR count). The van der Waals surface area contributed by atoms with E-state index in [4.69, 9.17) is 14.9 Å². The summed E-state index contributed by atoms with van der Waals surface area (Å²) in [6, 6.07) is 0. The van der Waals surface area contributed by atoms with E-state index >= 15 is 4.39 Å². The summed E-state index contributed by atoms with van der Waals surface area (Å²) in [5.74, 6) is 0.279. The van der Waals surface area contributed by atoms with Gasteiger partial charge in [0.2, 0.25) is 0 Å². The normalized spacial score (nSPS) is 26.3. The molecule has 3 N–H and O–H groups in total. The Morgan fingerprint density at radius 2 is 2.07 bits per heavy atom. The first-order valence-electron chi connectivity index (χ1n) is 9.12. The summed E-state index contributed by atoms with van der Waals surface area (Å²) in [5, 5.41) is 15.3. The zero-order valence-electron chi connectivity index (χ0n) is 17.0. The van der Waals surface area contributed by atoms with E-state index in [1.54, 1.807) is 0 Å². The van der Waals surface area contributed by atoms with Crippen molar-refractivity contribution in [1.29, 1.82) is 0 Å². The lowest BCUT2D eigenvalue weighted by atomic mass is 10.1. The number of anilines is 1. The first kappa shape index (κ1) is 21.4. The van der Waals surface area contributed by atoms with Crippen LogP contribution >= 0.6 is 11.8 Å². The number of thioether (sulfide) groups is 1. The Balaban J connectivity index is 1.99. The van der Waals surface area contributed by atoms with Crippen molar-refractivity contribution in [2.45, 2.75) is 68.5 Å². The Hall–Kier alpha value is -1.27. The van der Waals surface area contributed by atoms with E-state index in [1.807, 2.05) is 19.3 Å². The number of nitrogens with two attached hydrogens (primary N) is 1. The number of aliphatic hydroxyl groups excluding tert-OH is 1. The first-order valence-corrected chi connectivity index (χ1v) is 13.3. The summed E-state index contributed by atoms with van der Waals surface area (Å²) < 4.78 is 29.1. The molecule has 0 saturated carbocycles. The average molecular weight is 430 g/mol. The summed E-state index contributed by atoms with van der Waals surface area (Å²) in [4.78, 5) is 8.24. The Labute approximate surface area is 169 Å². The molecule has 0 amide bonds. The predicted molar refractivity (Wildman–Crippen MR) is 109 cm³/mol. The molecule has 1 saturated heterocycles. The van der Waals surface area contributed by atoms with Crippen molar-refractivity contribution in [3.8, 4) is 0 Å². The van der Waals surface area contributed by atoms with Crippen LogP contribution in [0, 0.1) is 0 Å². The molecule has 1 aliphatic rings. The number of aliphatic hydroxyl groups is 1. The third-order valence-electron chi connectivity index (χ3n) is 5.60. The Morgan fingerprint density at radius 3 is 2.64 bits per heavy atom. The van der Waals surface area contributed by atoms with Crippen molar-refractivity contribution in [1.82, 2.24) is 19.7 Å². The zero-order chi connectivity index (χ0) is 20.9. The van der Waals surface area contributed by atoms with Gasteiger partial charge in [-0.1, -0.05) is 20.8 Å². The van der Waals surface area contributed by atoms with Crippen LogP contribution in [0.3, 0.4) is 0 Å². The molecular weight excluding hydrogens is 401 g/mol. The van der Waals surface area contributed by atoms with Gasteiger partial charge >= 0.3 is 0 Å². The number of aromatic nitrogens is 4. The molecule has 1 fully saturated rings. The molecule has 4 atom stereocenters. The smallest absolute Gasteiger partial charge is 0.192 e. The number of hydrogen-bond acceptors (Lipinski definition) is 8. The van der Waals surface area contributed by atoms with Gasteiger partial charge in [0.15, 0.2) is 26.4 Å². The van der Waals surface area contributed by atoms with Crippen LogP contribution in [0.2, 0.25) is 18.1 Å². The molecule has 0 aromatic carbocycles. The molecule has 2 aromatic rings. The van der Waals surface area contributed by atoms with Crippen molar-refractivity contribution in [3.05, 3.63) is 6.33 Å². The molecule has 11 heteroatoms. The van der Waals surface area contributed by atoms with Crippen LogP contribution in [0.25, 0.3) is 11.0 Å². The summed E-state index contributed by atoms with van der Waals surface area (Å²) >= 11 is 1.37. The molecule has 1 unspecified atom stereocenters. The third-order valence-corrected chi connectivity index (χ3v) is 10.8. The van der Waals surface area contributed by atoms with Gasteiger partial charge < -0.3 is 20.0 Å². The summed E-state index contributed by atoms with van der Waals surface area (Å²) in [6.07, 6.45) is -1.09. The quantitative estimate of drug-likeness (QED) is 0.552. The zero-order valence-corrected chi connectivity index (χ0v) is 18.8. The molecule has 8 nitrogen and oxygen atoms in total. The van der Waals surface area contributed by atoms with Gasteiger partial charge in [-0.15, -0.1) is 11.8 Å². The molecule has 1 aliphatic heterocycles. The molecular formula is C17H28FN5O3SSi. The van der Waals surface area contributed by atoms with Gasteiger partial charge in [0.05, 0.1) is 12.0 Å². The van der Waals surface area contributed by atoms with E-state index in [0.29, 0.717) is 16.1 Å². The molecule has 28 heavy (non-hydrogen) atoms. The minimum Gasteiger partial charge on any atom is -0.408 e. The second-order valence-electron chi connectivity index (χ2n) is 8.45. The van der Waals surface area contributed by atoms with Gasteiger partial charge in [-0.25, -0.2) is 19.0 Å².